The molecule has 1 aromatic rings. The van der Waals surface area contributed by atoms with Crippen LogP contribution in [0.2, 0.25) is 0 Å². The van der Waals surface area contributed by atoms with Crippen LogP contribution in [0.4, 0.5) is 5.69 Å². The third kappa shape index (κ3) is 2.74. The van der Waals surface area contributed by atoms with E-state index in [0.717, 1.165) is 5.56 Å². The van der Waals surface area contributed by atoms with Gasteiger partial charge in [-0.05, 0) is 24.1 Å². The number of hydrogen-bond donors (Lipinski definition) is 1. The largest absolute Gasteiger partial charge is 0.481 e. The number of carbonyl (C=O) groups is 3. The number of nitrogens with zero attached hydrogens (tertiary/aromatic N) is 1. The first-order chi connectivity index (χ1) is 8.56. The maximum atomic E-state index is 11.5. The van der Waals surface area contributed by atoms with Gasteiger partial charge in [0.15, 0.2) is 5.78 Å². The van der Waals surface area contributed by atoms with Gasteiger partial charge in [-0.3, -0.25) is 14.4 Å². The molecule has 1 amide bonds. The molecule has 1 heterocycles. The Balaban J connectivity index is 2.05. The lowest BCUT2D eigenvalue weighted by atomic mass is 10.1. The third-order valence-electron chi connectivity index (χ3n) is 2.86. The molecule has 1 fully saturated rings. The molecule has 0 spiro atoms. The van der Waals surface area contributed by atoms with E-state index in [1.54, 1.807) is 24.3 Å². The number of aryl methyl sites for hydroxylation is 1. The molecule has 0 saturated carbocycles. The molecule has 5 nitrogen and oxygen atoms in total. The maximum Gasteiger partial charge on any atom is 0.303 e. The van der Waals surface area contributed by atoms with Gasteiger partial charge < -0.3 is 10.0 Å². The number of hydrogen-bond acceptors (Lipinski definition) is 3. The lowest BCUT2D eigenvalue weighted by Crippen LogP contribution is -2.24. The van der Waals surface area contributed by atoms with Crippen molar-refractivity contribution >= 4 is 23.3 Å². The van der Waals surface area contributed by atoms with Crippen LogP contribution in [0.15, 0.2) is 24.3 Å². The van der Waals surface area contributed by atoms with E-state index in [2.05, 4.69) is 0 Å². The van der Waals surface area contributed by atoms with Crippen LogP contribution < -0.4 is 4.90 Å². The van der Waals surface area contributed by atoms with Gasteiger partial charge in [0.1, 0.15) is 0 Å². The first kappa shape index (κ1) is 12.3. The average Bonchev–Trinajstić information content (AvgIpc) is 2.66. The summed E-state index contributed by atoms with van der Waals surface area (Å²) in [5, 5.41) is 8.58. The van der Waals surface area contributed by atoms with Gasteiger partial charge >= 0.3 is 5.97 Å². The summed E-state index contributed by atoms with van der Waals surface area (Å²) in [5.41, 5.74) is 1.59. The molecule has 0 aromatic heterocycles. The standard InChI is InChI=1S/C13H13NO4/c15-11-7-12(16)14(8-11)10-4-1-9(2-5-10)3-6-13(17)18/h1-2,4-5H,3,6-8H2,(H,17,18). The number of ketones is 1. The highest BCUT2D eigenvalue weighted by atomic mass is 16.4. The summed E-state index contributed by atoms with van der Waals surface area (Å²) in [7, 11) is 0. The molecular formula is C13H13NO4. The zero-order valence-electron chi connectivity index (χ0n) is 9.76. The molecule has 0 radical (unpaired) electrons. The summed E-state index contributed by atoms with van der Waals surface area (Å²) in [4.78, 5) is 34.6. The van der Waals surface area contributed by atoms with Crippen molar-refractivity contribution in [3.05, 3.63) is 29.8 Å². The minimum Gasteiger partial charge on any atom is -0.481 e. The van der Waals surface area contributed by atoms with E-state index in [1.165, 1.54) is 4.90 Å². The summed E-state index contributed by atoms with van der Waals surface area (Å²) in [6, 6.07) is 7.06. The van der Waals surface area contributed by atoms with E-state index in [9.17, 15) is 14.4 Å². The molecule has 0 aliphatic carbocycles. The van der Waals surface area contributed by atoms with E-state index in [-0.39, 0.29) is 31.1 Å². The van der Waals surface area contributed by atoms with E-state index in [4.69, 9.17) is 5.11 Å². The number of carbonyl (C=O) groups excluding carboxylic acids is 2. The number of amides is 1. The van der Waals surface area contributed by atoms with Gasteiger partial charge in [0.25, 0.3) is 0 Å². The van der Waals surface area contributed by atoms with Crippen LogP contribution in [0.5, 0.6) is 0 Å². The summed E-state index contributed by atoms with van der Waals surface area (Å²) in [6.45, 7) is 0.132. The molecule has 0 bridgehead atoms. The Bertz CT molecular complexity index is 492. The topological polar surface area (TPSA) is 74.7 Å². The average molecular weight is 247 g/mol. The lowest BCUT2D eigenvalue weighted by molar-refractivity contribution is -0.137. The highest BCUT2D eigenvalue weighted by Crippen LogP contribution is 2.20. The van der Waals surface area contributed by atoms with Crippen molar-refractivity contribution in [3.8, 4) is 0 Å². The van der Waals surface area contributed by atoms with Gasteiger partial charge in [-0.2, -0.15) is 0 Å². The molecular weight excluding hydrogens is 234 g/mol. The summed E-state index contributed by atoms with van der Waals surface area (Å²) in [6.07, 6.45) is 0.518. The lowest BCUT2D eigenvalue weighted by Gasteiger charge is -2.14. The number of carboxylic acids is 1. The molecule has 0 atom stereocenters. The molecule has 2 rings (SSSR count). The molecule has 1 aromatic carbocycles. The monoisotopic (exact) mass is 247 g/mol. The highest BCUT2D eigenvalue weighted by molar-refractivity contribution is 6.15. The Hall–Kier alpha value is -2.17. The molecule has 1 N–H and O–H groups in total. The fourth-order valence-electron chi connectivity index (χ4n) is 1.91. The van der Waals surface area contributed by atoms with Crippen molar-refractivity contribution in [2.24, 2.45) is 0 Å². The number of anilines is 1. The minimum absolute atomic E-state index is 0.0270. The Morgan fingerprint density at radius 2 is 1.89 bits per heavy atom. The van der Waals surface area contributed by atoms with Gasteiger partial charge in [0.05, 0.1) is 13.0 Å². The zero-order valence-corrected chi connectivity index (χ0v) is 9.76. The van der Waals surface area contributed by atoms with E-state index < -0.39 is 5.97 Å². The van der Waals surface area contributed by atoms with Crippen molar-refractivity contribution in [2.75, 3.05) is 11.4 Å². The number of Topliss-reactive ketones (excluding diaryl/α,β-unsaturated/α-hetero) is 1. The van der Waals surface area contributed by atoms with Crippen LogP contribution in [0.25, 0.3) is 0 Å². The summed E-state index contributed by atoms with van der Waals surface area (Å²) in [5.74, 6) is -1.09. The van der Waals surface area contributed by atoms with Crippen molar-refractivity contribution in [2.45, 2.75) is 19.3 Å². The molecule has 18 heavy (non-hydrogen) atoms. The maximum absolute atomic E-state index is 11.5. The van der Waals surface area contributed by atoms with E-state index in [1.807, 2.05) is 0 Å². The van der Waals surface area contributed by atoms with Crippen LogP contribution in [0.3, 0.4) is 0 Å². The molecule has 1 saturated heterocycles. The molecule has 1 aliphatic rings. The van der Waals surface area contributed by atoms with Crippen molar-refractivity contribution in [3.63, 3.8) is 0 Å². The van der Waals surface area contributed by atoms with Crippen LogP contribution in [-0.4, -0.2) is 29.3 Å². The number of aliphatic carboxylic acids is 1. The predicted molar refractivity (Wildman–Crippen MR) is 64.4 cm³/mol. The van der Waals surface area contributed by atoms with Gasteiger partial charge in [-0.1, -0.05) is 12.1 Å². The van der Waals surface area contributed by atoms with Crippen molar-refractivity contribution in [1.29, 1.82) is 0 Å². The normalized spacial score (nSPS) is 15.2. The Morgan fingerprint density at radius 1 is 1.22 bits per heavy atom. The van der Waals surface area contributed by atoms with Gasteiger partial charge in [0, 0.05) is 12.1 Å². The first-order valence-electron chi connectivity index (χ1n) is 5.69. The van der Waals surface area contributed by atoms with Crippen LogP contribution in [0.1, 0.15) is 18.4 Å². The zero-order chi connectivity index (χ0) is 13.1. The summed E-state index contributed by atoms with van der Waals surface area (Å²) >= 11 is 0. The SMILES string of the molecule is O=C(O)CCc1ccc(N2CC(=O)CC2=O)cc1. The fraction of sp³-hybridized carbons (Fsp3) is 0.308. The number of carboxylic acid groups (broad SMARTS) is 1. The number of rotatable bonds is 4. The van der Waals surface area contributed by atoms with Crippen molar-refractivity contribution in [1.82, 2.24) is 0 Å². The predicted octanol–water partition coefficient (Wildman–Crippen LogP) is 1.01. The second kappa shape index (κ2) is 5.00. The van der Waals surface area contributed by atoms with Crippen LogP contribution in [0, 0.1) is 0 Å². The summed E-state index contributed by atoms with van der Waals surface area (Å²) < 4.78 is 0. The van der Waals surface area contributed by atoms with Gasteiger partial charge in [-0.25, -0.2) is 0 Å². The molecule has 5 heteroatoms. The Morgan fingerprint density at radius 3 is 2.39 bits per heavy atom. The van der Waals surface area contributed by atoms with Gasteiger partial charge in [0.2, 0.25) is 5.91 Å². The smallest absolute Gasteiger partial charge is 0.303 e. The van der Waals surface area contributed by atoms with E-state index in [0.29, 0.717) is 12.1 Å². The Kier molecular flexibility index (Phi) is 3.41. The fourth-order valence-corrected chi connectivity index (χ4v) is 1.91. The molecule has 0 unspecified atom stereocenters. The minimum atomic E-state index is -0.834. The van der Waals surface area contributed by atoms with E-state index >= 15 is 0 Å². The Labute approximate surface area is 104 Å². The van der Waals surface area contributed by atoms with Crippen LogP contribution in [-0.2, 0) is 20.8 Å². The van der Waals surface area contributed by atoms with Crippen molar-refractivity contribution < 1.29 is 19.5 Å². The quantitative estimate of drug-likeness (QED) is 0.806. The molecule has 1 aliphatic heterocycles. The third-order valence-corrected chi connectivity index (χ3v) is 2.86. The van der Waals surface area contributed by atoms with Crippen LogP contribution >= 0.6 is 0 Å². The second-order valence-electron chi connectivity index (χ2n) is 4.26. The van der Waals surface area contributed by atoms with Gasteiger partial charge in [-0.15, -0.1) is 0 Å². The number of benzene rings is 1. The highest BCUT2D eigenvalue weighted by Gasteiger charge is 2.28. The second-order valence-corrected chi connectivity index (χ2v) is 4.26. The molecule has 94 valence electrons. The first-order valence-corrected chi connectivity index (χ1v) is 5.69.